The fourth-order valence-corrected chi connectivity index (χ4v) is 2.39. The minimum absolute atomic E-state index is 0.0596. The average Bonchev–Trinajstić information content (AvgIpc) is 2.84. The molecule has 1 aliphatic rings. The molecule has 3 nitrogen and oxygen atoms in total. The molecule has 0 unspecified atom stereocenters. The van der Waals surface area contributed by atoms with Gasteiger partial charge in [0.1, 0.15) is 0 Å². The summed E-state index contributed by atoms with van der Waals surface area (Å²) in [6, 6.07) is 3.73. The van der Waals surface area contributed by atoms with Crippen LogP contribution in [-0.2, 0) is 0 Å². The van der Waals surface area contributed by atoms with E-state index in [0.29, 0.717) is 12.5 Å². The van der Waals surface area contributed by atoms with Crippen molar-refractivity contribution in [2.45, 2.75) is 32.1 Å². The van der Waals surface area contributed by atoms with Gasteiger partial charge >= 0.3 is 5.97 Å². The van der Waals surface area contributed by atoms with Gasteiger partial charge in [0.15, 0.2) is 11.6 Å². The van der Waals surface area contributed by atoms with E-state index in [0.717, 1.165) is 12.5 Å². The van der Waals surface area contributed by atoms with E-state index in [-0.39, 0.29) is 11.3 Å². The zero-order chi connectivity index (χ0) is 13.0. The summed E-state index contributed by atoms with van der Waals surface area (Å²) < 4.78 is 18.9. The Kier molecular flexibility index (Phi) is 4.18. The third kappa shape index (κ3) is 3.22. The summed E-state index contributed by atoms with van der Waals surface area (Å²) in [7, 11) is 0. The van der Waals surface area contributed by atoms with Gasteiger partial charge in [-0.05, 0) is 30.5 Å². The molecule has 1 fully saturated rings. The Morgan fingerprint density at radius 2 is 2.11 bits per heavy atom. The van der Waals surface area contributed by atoms with Crippen molar-refractivity contribution in [3.63, 3.8) is 0 Å². The molecule has 2 rings (SSSR count). The van der Waals surface area contributed by atoms with E-state index < -0.39 is 11.8 Å². The lowest BCUT2D eigenvalue weighted by Gasteiger charge is -2.11. The first-order chi connectivity index (χ1) is 8.66. The van der Waals surface area contributed by atoms with Crippen LogP contribution in [0.4, 0.5) is 4.39 Å². The fourth-order valence-electron chi connectivity index (χ4n) is 2.39. The highest BCUT2D eigenvalue weighted by atomic mass is 19.1. The van der Waals surface area contributed by atoms with Crippen molar-refractivity contribution >= 4 is 5.97 Å². The molecule has 1 N–H and O–H groups in total. The highest BCUT2D eigenvalue weighted by Crippen LogP contribution is 2.28. The van der Waals surface area contributed by atoms with Crippen LogP contribution in [0.5, 0.6) is 5.75 Å². The number of carbonyl (C=O) groups is 1. The first kappa shape index (κ1) is 12.9. The second kappa shape index (κ2) is 5.85. The molecule has 0 bridgehead atoms. The summed E-state index contributed by atoms with van der Waals surface area (Å²) in [6.07, 6.45) is 5.99. The smallest absolute Gasteiger partial charge is 0.335 e. The third-order valence-electron chi connectivity index (χ3n) is 3.44. The molecular weight excluding hydrogens is 235 g/mol. The molecule has 1 aromatic carbocycles. The number of hydrogen-bond donors (Lipinski definition) is 1. The van der Waals surface area contributed by atoms with Crippen LogP contribution in [0.1, 0.15) is 42.5 Å². The summed E-state index contributed by atoms with van der Waals surface area (Å²) in [6.45, 7) is 0.494. The van der Waals surface area contributed by atoms with Gasteiger partial charge in [-0.15, -0.1) is 0 Å². The molecule has 0 aromatic heterocycles. The predicted molar refractivity (Wildman–Crippen MR) is 65.4 cm³/mol. The molecule has 18 heavy (non-hydrogen) atoms. The topological polar surface area (TPSA) is 46.5 Å². The Morgan fingerprint density at radius 3 is 2.72 bits per heavy atom. The molecule has 1 saturated carbocycles. The fraction of sp³-hybridized carbons (Fsp3) is 0.500. The lowest BCUT2D eigenvalue weighted by Crippen LogP contribution is -2.05. The Labute approximate surface area is 106 Å². The van der Waals surface area contributed by atoms with Crippen LogP contribution < -0.4 is 4.74 Å². The summed E-state index contributed by atoms with van der Waals surface area (Å²) in [5.41, 5.74) is -0.0596. The number of rotatable bonds is 5. The second-order valence-corrected chi connectivity index (χ2v) is 4.74. The van der Waals surface area contributed by atoms with Crippen molar-refractivity contribution in [3.8, 4) is 5.75 Å². The zero-order valence-electron chi connectivity index (χ0n) is 10.2. The summed E-state index contributed by atoms with van der Waals surface area (Å²) in [5.74, 6) is -0.905. The van der Waals surface area contributed by atoms with Crippen molar-refractivity contribution in [1.82, 2.24) is 0 Å². The molecule has 0 spiro atoms. The molecule has 0 amide bonds. The van der Waals surface area contributed by atoms with E-state index in [1.165, 1.54) is 37.8 Å². The van der Waals surface area contributed by atoms with Crippen molar-refractivity contribution in [1.29, 1.82) is 0 Å². The van der Waals surface area contributed by atoms with Gasteiger partial charge in [0.05, 0.1) is 12.2 Å². The number of benzene rings is 1. The lowest BCUT2D eigenvalue weighted by molar-refractivity contribution is 0.0696. The van der Waals surface area contributed by atoms with Crippen LogP contribution in [-0.4, -0.2) is 17.7 Å². The Morgan fingerprint density at radius 1 is 1.39 bits per heavy atom. The van der Waals surface area contributed by atoms with Crippen molar-refractivity contribution in [3.05, 3.63) is 29.6 Å². The molecule has 1 aromatic rings. The summed E-state index contributed by atoms with van der Waals surface area (Å²) in [5, 5.41) is 8.71. The first-order valence-electron chi connectivity index (χ1n) is 6.32. The minimum atomic E-state index is -1.13. The average molecular weight is 252 g/mol. The maximum atomic E-state index is 13.5. The minimum Gasteiger partial charge on any atom is -0.491 e. The van der Waals surface area contributed by atoms with Gasteiger partial charge in [-0.1, -0.05) is 25.7 Å². The molecule has 1 aliphatic carbocycles. The van der Waals surface area contributed by atoms with Crippen LogP contribution in [0, 0.1) is 11.7 Å². The first-order valence-corrected chi connectivity index (χ1v) is 6.32. The van der Waals surface area contributed by atoms with Crippen molar-refractivity contribution in [2.24, 2.45) is 5.92 Å². The van der Waals surface area contributed by atoms with Gasteiger partial charge in [0.25, 0.3) is 0 Å². The molecule has 0 radical (unpaired) electrons. The largest absolute Gasteiger partial charge is 0.491 e. The molecule has 4 heteroatoms. The van der Waals surface area contributed by atoms with Gasteiger partial charge in [-0.2, -0.15) is 0 Å². The van der Waals surface area contributed by atoms with Crippen molar-refractivity contribution in [2.75, 3.05) is 6.61 Å². The molecule has 0 atom stereocenters. The maximum absolute atomic E-state index is 13.5. The van der Waals surface area contributed by atoms with Gasteiger partial charge in [0, 0.05) is 0 Å². The van der Waals surface area contributed by atoms with E-state index in [9.17, 15) is 9.18 Å². The standard InChI is InChI=1S/C14H17FO3/c15-12-9-11(14(16)17)5-6-13(12)18-8-7-10-3-1-2-4-10/h5-6,9-10H,1-4,7-8H2,(H,16,17). The van der Waals surface area contributed by atoms with E-state index in [1.54, 1.807) is 0 Å². The number of carboxylic acids is 1. The van der Waals surface area contributed by atoms with Gasteiger partial charge < -0.3 is 9.84 Å². The second-order valence-electron chi connectivity index (χ2n) is 4.74. The summed E-state index contributed by atoms with van der Waals surface area (Å²) >= 11 is 0. The molecular formula is C14H17FO3. The predicted octanol–water partition coefficient (Wildman–Crippen LogP) is 3.48. The lowest BCUT2D eigenvalue weighted by atomic mass is 10.1. The van der Waals surface area contributed by atoms with Crippen LogP contribution in [0.15, 0.2) is 18.2 Å². The van der Waals surface area contributed by atoms with Crippen LogP contribution in [0.2, 0.25) is 0 Å². The number of halogens is 1. The number of hydrogen-bond acceptors (Lipinski definition) is 2. The van der Waals surface area contributed by atoms with Gasteiger partial charge in [-0.25, -0.2) is 9.18 Å². The summed E-state index contributed by atoms with van der Waals surface area (Å²) in [4.78, 5) is 10.6. The molecule has 0 heterocycles. The normalized spacial score (nSPS) is 15.8. The maximum Gasteiger partial charge on any atom is 0.335 e. The van der Waals surface area contributed by atoms with Crippen LogP contribution in [0.25, 0.3) is 0 Å². The Balaban J connectivity index is 1.87. The van der Waals surface area contributed by atoms with E-state index in [1.807, 2.05) is 0 Å². The quantitative estimate of drug-likeness (QED) is 0.872. The number of ether oxygens (including phenoxy) is 1. The number of carboxylic acid groups (broad SMARTS) is 1. The van der Waals surface area contributed by atoms with E-state index in [4.69, 9.17) is 9.84 Å². The zero-order valence-corrected chi connectivity index (χ0v) is 10.2. The third-order valence-corrected chi connectivity index (χ3v) is 3.44. The number of aromatic carboxylic acids is 1. The SMILES string of the molecule is O=C(O)c1ccc(OCCC2CCCC2)c(F)c1. The van der Waals surface area contributed by atoms with Crippen molar-refractivity contribution < 1.29 is 19.0 Å². The van der Waals surface area contributed by atoms with Gasteiger partial charge in [0.2, 0.25) is 0 Å². The highest BCUT2D eigenvalue weighted by molar-refractivity contribution is 5.87. The monoisotopic (exact) mass is 252 g/mol. The highest BCUT2D eigenvalue weighted by Gasteiger charge is 2.15. The van der Waals surface area contributed by atoms with Gasteiger partial charge in [-0.3, -0.25) is 0 Å². The Hall–Kier alpha value is -1.58. The van der Waals surface area contributed by atoms with Crippen LogP contribution >= 0.6 is 0 Å². The molecule has 0 aliphatic heterocycles. The van der Waals surface area contributed by atoms with E-state index in [2.05, 4.69) is 0 Å². The van der Waals surface area contributed by atoms with E-state index >= 15 is 0 Å². The van der Waals surface area contributed by atoms with Crippen LogP contribution in [0.3, 0.4) is 0 Å². The Bertz CT molecular complexity index is 425. The molecule has 98 valence electrons. The molecule has 0 saturated heterocycles.